The van der Waals surface area contributed by atoms with Gasteiger partial charge < -0.3 is 8.83 Å². The van der Waals surface area contributed by atoms with Gasteiger partial charge in [0.15, 0.2) is 0 Å². The van der Waals surface area contributed by atoms with Crippen LogP contribution in [0.25, 0.3) is 98.8 Å². The second-order valence-electron chi connectivity index (χ2n) is 11.6. The number of benzene rings is 8. The lowest BCUT2D eigenvalue weighted by Crippen LogP contribution is -1.89. The summed E-state index contributed by atoms with van der Waals surface area (Å²) in [4.78, 5) is 0. The zero-order chi connectivity index (χ0) is 28.8. The molecule has 0 aliphatic carbocycles. The molecular weight excluding hydrogens is 536 g/mol. The van der Waals surface area contributed by atoms with Gasteiger partial charge in [0.25, 0.3) is 0 Å². The summed E-state index contributed by atoms with van der Waals surface area (Å²) in [5, 5.41) is 10.9. The molecule has 0 atom stereocenters. The van der Waals surface area contributed by atoms with Crippen LogP contribution in [0.2, 0.25) is 0 Å². The van der Waals surface area contributed by atoms with Crippen LogP contribution in [0.4, 0.5) is 0 Å². The van der Waals surface area contributed by atoms with Gasteiger partial charge in [-0.3, -0.25) is 0 Å². The second-order valence-corrected chi connectivity index (χ2v) is 11.6. The highest BCUT2D eigenvalue weighted by molar-refractivity contribution is 6.28. The van der Waals surface area contributed by atoms with E-state index in [1.807, 2.05) is 12.1 Å². The van der Waals surface area contributed by atoms with Crippen molar-refractivity contribution in [3.05, 3.63) is 146 Å². The molecule has 0 saturated heterocycles. The fraction of sp³-hybridized carbons (Fsp3) is 0. The van der Waals surface area contributed by atoms with Crippen molar-refractivity contribution in [2.24, 2.45) is 0 Å². The lowest BCUT2D eigenvalue weighted by atomic mass is 9.87. The first-order chi connectivity index (χ1) is 21.8. The molecule has 0 N–H and O–H groups in total. The molecule has 44 heavy (non-hydrogen) atoms. The van der Waals surface area contributed by atoms with E-state index in [0.717, 1.165) is 49.8 Å². The van der Waals surface area contributed by atoms with E-state index in [2.05, 4.69) is 133 Å². The van der Waals surface area contributed by atoms with E-state index in [-0.39, 0.29) is 0 Å². The number of rotatable bonds is 3. The van der Waals surface area contributed by atoms with Crippen LogP contribution in [0.15, 0.2) is 154 Å². The van der Waals surface area contributed by atoms with E-state index < -0.39 is 0 Å². The van der Waals surface area contributed by atoms with E-state index in [1.54, 1.807) is 0 Å². The van der Waals surface area contributed by atoms with Gasteiger partial charge in [0.1, 0.15) is 22.5 Å². The topological polar surface area (TPSA) is 26.3 Å². The number of fused-ring (bicyclic) bond motifs is 4. The summed E-state index contributed by atoms with van der Waals surface area (Å²) in [7, 11) is 0. The maximum atomic E-state index is 6.75. The number of para-hydroxylation sites is 3. The molecule has 2 heteroatoms. The van der Waals surface area contributed by atoms with E-state index >= 15 is 0 Å². The maximum Gasteiger partial charge on any atom is 0.146 e. The van der Waals surface area contributed by atoms with E-state index in [0.29, 0.717) is 0 Å². The Morgan fingerprint density at radius 2 is 1.00 bits per heavy atom. The molecule has 0 spiro atoms. The molecule has 0 amide bonds. The van der Waals surface area contributed by atoms with Crippen molar-refractivity contribution in [1.29, 1.82) is 0 Å². The van der Waals surface area contributed by atoms with Crippen LogP contribution in [-0.4, -0.2) is 0 Å². The van der Waals surface area contributed by atoms with Crippen LogP contribution < -0.4 is 0 Å². The third-order valence-corrected chi connectivity index (χ3v) is 9.25. The highest BCUT2D eigenvalue weighted by atomic mass is 16.3. The lowest BCUT2D eigenvalue weighted by molar-refractivity contribution is 0.627. The average Bonchev–Trinajstić information content (AvgIpc) is 3.69. The molecular formula is C42H24O2. The quantitative estimate of drug-likeness (QED) is 0.201. The molecule has 10 aromatic rings. The third kappa shape index (κ3) is 3.25. The first-order valence-electron chi connectivity index (χ1n) is 15.0. The number of hydrogen-bond donors (Lipinski definition) is 0. The second kappa shape index (κ2) is 8.82. The van der Waals surface area contributed by atoms with E-state index in [1.165, 1.54) is 49.0 Å². The fourth-order valence-electron chi connectivity index (χ4n) is 7.25. The van der Waals surface area contributed by atoms with Gasteiger partial charge in [-0.1, -0.05) is 127 Å². The molecule has 2 aromatic heterocycles. The van der Waals surface area contributed by atoms with Crippen molar-refractivity contribution < 1.29 is 8.83 Å². The minimum absolute atomic E-state index is 0.808. The van der Waals surface area contributed by atoms with E-state index in [9.17, 15) is 0 Å². The van der Waals surface area contributed by atoms with Crippen LogP contribution in [0.5, 0.6) is 0 Å². The first-order valence-corrected chi connectivity index (χ1v) is 15.0. The smallest absolute Gasteiger partial charge is 0.146 e. The van der Waals surface area contributed by atoms with Gasteiger partial charge in [-0.2, -0.15) is 0 Å². The molecule has 0 bridgehead atoms. The number of furan rings is 2. The molecule has 0 aliphatic rings. The van der Waals surface area contributed by atoms with Crippen molar-refractivity contribution in [1.82, 2.24) is 0 Å². The minimum Gasteiger partial charge on any atom is -0.455 e. The molecule has 8 aromatic carbocycles. The molecule has 10 rings (SSSR count). The Balaban J connectivity index is 1.21. The van der Waals surface area contributed by atoms with Crippen molar-refractivity contribution in [3.8, 4) is 33.6 Å². The predicted molar refractivity (Wildman–Crippen MR) is 184 cm³/mol. The summed E-state index contributed by atoms with van der Waals surface area (Å²) >= 11 is 0. The Morgan fingerprint density at radius 3 is 1.84 bits per heavy atom. The first kappa shape index (κ1) is 23.7. The Labute approximate surface area is 252 Å². The summed E-state index contributed by atoms with van der Waals surface area (Å²) in [6.45, 7) is 0. The van der Waals surface area contributed by atoms with Crippen LogP contribution in [0.1, 0.15) is 0 Å². The Morgan fingerprint density at radius 1 is 0.341 bits per heavy atom. The van der Waals surface area contributed by atoms with Crippen molar-refractivity contribution >= 4 is 65.2 Å². The molecule has 2 heterocycles. The summed E-state index contributed by atoms with van der Waals surface area (Å²) in [5.41, 5.74) is 8.34. The highest BCUT2D eigenvalue weighted by Crippen LogP contribution is 2.45. The summed E-state index contributed by atoms with van der Waals surface area (Å²) in [6.07, 6.45) is 0. The van der Waals surface area contributed by atoms with Gasteiger partial charge in [0.2, 0.25) is 0 Å². The standard InChI is InChI=1S/C42H24O2/c1-2-8-25(9-3-1)29-20-16-26-19-23-33-30(21-17-27-18-22-32(29)39(26)40(27)33)34-12-6-10-28-24-38(44-41(28)34)36-14-7-13-35-31-11-4-5-15-37(31)43-42(35)36/h1-24H. The molecule has 204 valence electrons. The van der Waals surface area contributed by atoms with Crippen LogP contribution in [-0.2, 0) is 0 Å². The zero-order valence-corrected chi connectivity index (χ0v) is 23.7. The lowest BCUT2D eigenvalue weighted by Gasteiger charge is -2.16. The predicted octanol–water partition coefficient (Wildman–Crippen LogP) is 12.2. The van der Waals surface area contributed by atoms with Gasteiger partial charge in [-0.05, 0) is 67.2 Å². The SMILES string of the molecule is c1ccc(-c2ccc3ccc4c(-c5cccc6cc(-c7cccc8c7oc7ccccc78)oc56)ccc5ccc2c3c54)cc1. The van der Waals surface area contributed by atoms with Gasteiger partial charge in [-0.25, -0.2) is 0 Å². The average molecular weight is 561 g/mol. The molecule has 0 aliphatic heterocycles. The minimum atomic E-state index is 0.808. The monoisotopic (exact) mass is 560 g/mol. The molecule has 0 saturated carbocycles. The molecule has 0 unspecified atom stereocenters. The van der Waals surface area contributed by atoms with Crippen molar-refractivity contribution in [2.75, 3.05) is 0 Å². The summed E-state index contributed by atoms with van der Waals surface area (Å²) in [6, 6.07) is 51.8. The zero-order valence-electron chi connectivity index (χ0n) is 23.7. The summed E-state index contributed by atoms with van der Waals surface area (Å²) in [5.74, 6) is 0.808. The van der Waals surface area contributed by atoms with Crippen LogP contribution in [0.3, 0.4) is 0 Å². The van der Waals surface area contributed by atoms with Gasteiger partial charge in [0, 0.05) is 21.7 Å². The van der Waals surface area contributed by atoms with Crippen LogP contribution in [0, 0.1) is 0 Å². The molecule has 0 radical (unpaired) electrons. The van der Waals surface area contributed by atoms with Crippen molar-refractivity contribution in [3.63, 3.8) is 0 Å². The Bertz CT molecular complexity index is 2710. The molecule has 0 fully saturated rings. The third-order valence-electron chi connectivity index (χ3n) is 9.25. The fourth-order valence-corrected chi connectivity index (χ4v) is 7.25. The normalized spacial score (nSPS) is 12.1. The number of hydrogen-bond acceptors (Lipinski definition) is 2. The van der Waals surface area contributed by atoms with Crippen LogP contribution >= 0.6 is 0 Å². The highest BCUT2D eigenvalue weighted by Gasteiger charge is 2.19. The maximum absolute atomic E-state index is 6.75. The Kier molecular flexibility index (Phi) is 4.75. The summed E-state index contributed by atoms with van der Waals surface area (Å²) < 4.78 is 13.1. The van der Waals surface area contributed by atoms with Gasteiger partial charge in [-0.15, -0.1) is 0 Å². The Hall–Kier alpha value is -5.86. The largest absolute Gasteiger partial charge is 0.455 e. The van der Waals surface area contributed by atoms with Gasteiger partial charge in [0.05, 0.1) is 5.56 Å². The molecule has 2 nitrogen and oxygen atoms in total. The van der Waals surface area contributed by atoms with Gasteiger partial charge >= 0.3 is 0 Å². The van der Waals surface area contributed by atoms with Crippen molar-refractivity contribution in [2.45, 2.75) is 0 Å². The van der Waals surface area contributed by atoms with E-state index in [4.69, 9.17) is 8.83 Å².